The van der Waals surface area contributed by atoms with E-state index in [0.717, 1.165) is 17.6 Å². The number of aliphatic imine (C=N–C) groups is 1. The normalized spacial score (nSPS) is 9.73. The van der Waals surface area contributed by atoms with Crippen LogP contribution in [0.5, 0.6) is 0 Å². The fraction of sp³-hybridized carbons (Fsp3) is 0.400. The molecule has 1 heterocycles. The minimum absolute atomic E-state index is 0.506. The van der Waals surface area contributed by atoms with Crippen LogP contribution in [0.15, 0.2) is 11.1 Å². The molecule has 0 spiro atoms. The smallest absolute Gasteiger partial charge is 0.158 e. The van der Waals surface area contributed by atoms with Crippen molar-refractivity contribution in [2.45, 2.75) is 27.7 Å². The van der Waals surface area contributed by atoms with Crippen molar-refractivity contribution in [1.82, 2.24) is 10.5 Å². The van der Waals surface area contributed by atoms with Gasteiger partial charge < -0.3 is 0 Å². The van der Waals surface area contributed by atoms with E-state index in [1.807, 2.05) is 33.2 Å². The number of rotatable bonds is 2. The van der Waals surface area contributed by atoms with Crippen molar-refractivity contribution in [2.75, 3.05) is 0 Å². The lowest BCUT2D eigenvalue weighted by molar-refractivity contribution is 0.240. The first kappa shape index (κ1) is 13.9. The van der Waals surface area contributed by atoms with Gasteiger partial charge in [0.2, 0.25) is 0 Å². The highest BCUT2D eigenvalue weighted by Gasteiger charge is 2.03. The minimum atomic E-state index is 0.506. The second-order valence-corrected chi connectivity index (χ2v) is 2.99. The molecule has 15 heavy (non-hydrogen) atoms. The summed E-state index contributed by atoms with van der Waals surface area (Å²) < 4.78 is 0. The van der Waals surface area contributed by atoms with Gasteiger partial charge in [-0.05, 0) is 19.9 Å². The Bertz CT molecular complexity index is 340. The molecule has 0 aliphatic heterocycles. The first-order chi connectivity index (χ1) is 7.15. The van der Waals surface area contributed by atoms with Crippen LogP contribution in [-0.4, -0.2) is 16.5 Å². The lowest BCUT2D eigenvalue weighted by Gasteiger charge is -2.02. The van der Waals surface area contributed by atoms with Gasteiger partial charge in [0.15, 0.2) is 5.82 Å². The monoisotopic (exact) mass is 229 g/mol. The summed E-state index contributed by atoms with van der Waals surface area (Å²) >= 11 is 5.90. The van der Waals surface area contributed by atoms with E-state index in [1.165, 1.54) is 0 Å². The van der Waals surface area contributed by atoms with Crippen LogP contribution < -0.4 is 5.48 Å². The zero-order valence-electron chi connectivity index (χ0n) is 9.37. The lowest BCUT2D eigenvalue weighted by Crippen LogP contribution is -2.01. The molecule has 84 valence electrons. The SMILES string of the molecule is CC.Cc1cc(Cl)c(C)c(N=CNO)n1. The first-order valence-electron chi connectivity index (χ1n) is 4.71. The Hall–Kier alpha value is -1.13. The van der Waals surface area contributed by atoms with Gasteiger partial charge in [-0.3, -0.25) is 10.7 Å². The summed E-state index contributed by atoms with van der Waals surface area (Å²) in [6.07, 6.45) is 1.14. The molecule has 0 unspecified atom stereocenters. The highest BCUT2D eigenvalue weighted by atomic mass is 35.5. The van der Waals surface area contributed by atoms with E-state index >= 15 is 0 Å². The van der Waals surface area contributed by atoms with E-state index in [9.17, 15) is 0 Å². The number of hydrogen-bond acceptors (Lipinski definition) is 3. The second-order valence-electron chi connectivity index (χ2n) is 2.58. The van der Waals surface area contributed by atoms with Gasteiger partial charge in [0.05, 0.1) is 0 Å². The van der Waals surface area contributed by atoms with Gasteiger partial charge in [-0.2, -0.15) is 0 Å². The third-order valence-corrected chi connectivity index (χ3v) is 1.95. The summed E-state index contributed by atoms with van der Waals surface area (Å²) in [6.45, 7) is 7.65. The van der Waals surface area contributed by atoms with Crippen molar-refractivity contribution < 1.29 is 5.21 Å². The molecule has 0 fully saturated rings. The average molecular weight is 230 g/mol. The largest absolute Gasteiger partial charge is 0.290 e. The summed E-state index contributed by atoms with van der Waals surface area (Å²) in [6, 6.07) is 1.77. The molecule has 1 aromatic heterocycles. The first-order valence-corrected chi connectivity index (χ1v) is 5.09. The molecule has 0 saturated heterocycles. The third kappa shape index (κ3) is 4.27. The van der Waals surface area contributed by atoms with Gasteiger partial charge >= 0.3 is 0 Å². The van der Waals surface area contributed by atoms with Crippen LogP contribution in [-0.2, 0) is 0 Å². The number of pyridine rings is 1. The van der Waals surface area contributed by atoms with Crippen LogP contribution >= 0.6 is 11.6 Å². The zero-order chi connectivity index (χ0) is 11.8. The summed E-state index contributed by atoms with van der Waals surface area (Å²) in [7, 11) is 0. The van der Waals surface area contributed by atoms with E-state index < -0.39 is 0 Å². The van der Waals surface area contributed by atoms with Crippen LogP contribution in [0.25, 0.3) is 0 Å². The summed E-state index contributed by atoms with van der Waals surface area (Å²) in [4.78, 5) is 8.00. The van der Waals surface area contributed by atoms with Crippen molar-refractivity contribution in [3.63, 3.8) is 0 Å². The molecule has 2 N–H and O–H groups in total. The van der Waals surface area contributed by atoms with Crippen molar-refractivity contribution in [3.05, 3.63) is 22.3 Å². The molecule has 4 nitrogen and oxygen atoms in total. The van der Waals surface area contributed by atoms with Gasteiger partial charge in [0.1, 0.15) is 6.34 Å². The Balaban J connectivity index is 0.000000921. The van der Waals surface area contributed by atoms with Gasteiger partial charge in [-0.1, -0.05) is 25.4 Å². The quantitative estimate of drug-likeness (QED) is 0.466. The third-order valence-electron chi connectivity index (χ3n) is 1.56. The Morgan fingerprint density at radius 1 is 1.47 bits per heavy atom. The molecule has 5 heteroatoms. The minimum Gasteiger partial charge on any atom is -0.290 e. The Morgan fingerprint density at radius 3 is 2.60 bits per heavy atom. The molecule has 0 amide bonds. The van der Waals surface area contributed by atoms with Gasteiger partial charge in [0, 0.05) is 16.3 Å². The topological polar surface area (TPSA) is 57.5 Å². The second kappa shape index (κ2) is 7.20. The van der Waals surface area contributed by atoms with E-state index in [1.54, 1.807) is 6.07 Å². The predicted octanol–water partition coefficient (Wildman–Crippen LogP) is 3.02. The van der Waals surface area contributed by atoms with Crippen LogP contribution in [0.3, 0.4) is 0 Å². The number of aromatic nitrogens is 1. The van der Waals surface area contributed by atoms with Crippen LogP contribution in [0, 0.1) is 13.8 Å². The molecular weight excluding hydrogens is 214 g/mol. The fourth-order valence-corrected chi connectivity index (χ4v) is 1.14. The fourth-order valence-electron chi connectivity index (χ4n) is 0.897. The maximum absolute atomic E-state index is 8.30. The number of nitrogens with zero attached hydrogens (tertiary/aromatic N) is 2. The van der Waals surface area contributed by atoms with Crippen molar-refractivity contribution in [3.8, 4) is 0 Å². The Labute approximate surface area is 95.0 Å². The van der Waals surface area contributed by atoms with Crippen LogP contribution in [0.4, 0.5) is 5.82 Å². The molecule has 0 atom stereocenters. The average Bonchev–Trinajstić information content (AvgIpc) is 2.24. The maximum atomic E-state index is 8.30. The number of nitrogens with one attached hydrogen (secondary N) is 1. The van der Waals surface area contributed by atoms with Crippen LogP contribution in [0.1, 0.15) is 25.1 Å². The number of aryl methyl sites for hydroxylation is 1. The van der Waals surface area contributed by atoms with E-state index in [0.29, 0.717) is 10.8 Å². The molecule has 0 aliphatic carbocycles. The number of hydrogen-bond donors (Lipinski definition) is 2. The molecule has 0 bridgehead atoms. The molecule has 0 aromatic carbocycles. The highest BCUT2D eigenvalue weighted by Crippen LogP contribution is 2.24. The highest BCUT2D eigenvalue weighted by molar-refractivity contribution is 6.31. The van der Waals surface area contributed by atoms with Crippen molar-refractivity contribution >= 4 is 23.8 Å². The van der Waals surface area contributed by atoms with Gasteiger partial charge in [-0.25, -0.2) is 9.98 Å². The van der Waals surface area contributed by atoms with E-state index in [4.69, 9.17) is 16.8 Å². The lowest BCUT2D eigenvalue weighted by atomic mass is 10.2. The maximum Gasteiger partial charge on any atom is 0.158 e. The van der Waals surface area contributed by atoms with E-state index in [-0.39, 0.29) is 0 Å². The molecule has 0 radical (unpaired) electrons. The summed E-state index contributed by atoms with van der Waals surface area (Å²) in [5.41, 5.74) is 3.39. The number of halogens is 1. The molecule has 1 rings (SSSR count). The zero-order valence-corrected chi connectivity index (χ0v) is 10.1. The summed E-state index contributed by atoms with van der Waals surface area (Å²) in [5, 5.41) is 8.92. The van der Waals surface area contributed by atoms with Crippen LogP contribution in [0.2, 0.25) is 5.02 Å². The molecule has 0 aliphatic rings. The van der Waals surface area contributed by atoms with Gasteiger partial charge in [-0.15, -0.1) is 0 Å². The number of hydroxylamine groups is 1. The summed E-state index contributed by atoms with van der Waals surface area (Å²) in [5.74, 6) is 0.506. The van der Waals surface area contributed by atoms with E-state index in [2.05, 4.69) is 9.98 Å². The predicted molar refractivity (Wildman–Crippen MR) is 63.1 cm³/mol. The van der Waals surface area contributed by atoms with Gasteiger partial charge in [0.25, 0.3) is 0 Å². The van der Waals surface area contributed by atoms with Crippen molar-refractivity contribution in [1.29, 1.82) is 0 Å². The molecule has 1 aromatic rings. The molecule has 0 saturated carbocycles. The Morgan fingerprint density at radius 2 is 2.07 bits per heavy atom. The molecular formula is C10H16ClN3O. The standard InChI is InChI=1S/C8H10ClN3O.C2H6/c1-5-3-7(9)6(2)8(12-5)10-4-11-13;1-2/h3-4,13H,1-2H3,(H,10,11,12);1-2H3. The Kier molecular flexibility index (Phi) is 6.66. The van der Waals surface area contributed by atoms with Crippen molar-refractivity contribution in [2.24, 2.45) is 4.99 Å².